The highest BCUT2D eigenvalue weighted by Gasteiger charge is 2.48. The van der Waals surface area contributed by atoms with Crippen LogP contribution >= 0.6 is 24.8 Å². The SMILES string of the molecule is CO[C@]1(c2ccccc2)NCC(n2nnnc2C(F)(F)F)C[C@@H]1NCc1ccccc1.Cl.Cl. The Morgan fingerprint density at radius 3 is 2.33 bits per heavy atom. The number of hydrogen-bond acceptors (Lipinski definition) is 6. The van der Waals surface area contributed by atoms with Gasteiger partial charge in [-0.3, -0.25) is 5.32 Å². The lowest BCUT2D eigenvalue weighted by atomic mass is 9.85. The maximum Gasteiger partial charge on any atom is 0.453 e. The van der Waals surface area contributed by atoms with Crippen molar-refractivity contribution < 1.29 is 17.9 Å². The molecular formula is C21H25Cl2F3N6O. The van der Waals surface area contributed by atoms with Crippen molar-refractivity contribution in [2.24, 2.45) is 0 Å². The van der Waals surface area contributed by atoms with Crippen LogP contribution in [0.2, 0.25) is 0 Å². The maximum absolute atomic E-state index is 13.4. The molecule has 1 unspecified atom stereocenters. The second-order valence-corrected chi connectivity index (χ2v) is 7.44. The minimum absolute atomic E-state index is 0. The standard InChI is InChI=1S/C21H23F3N6O.2ClH/c1-31-20(16-10-6-3-7-11-16)18(25-13-15-8-4-2-5-9-15)12-17(14-26-20)30-19(21(22,23)24)27-28-29-30;;/h2-11,17-18,25-26H,12-14H2,1H3;2*1H/t17?,18-,20-;;/m0../s1. The van der Waals surface area contributed by atoms with Gasteiger partial charge in [0.1, 0.15) is 0 Å². The predicted octanol–water partition coefficient (Wildman–Crippen LogP) is 3.73. The minimum Gasteiger partial charge on any atom is -0.358 e. The normalized spacial score (nSPS) is 22.8. The summed E-state index contributed by atoms with van der Waals surface area (Å²) >= 11 is 0. The van der Waals surface area contributed by atoms with Gasteiger partial charge in [0.05, 0.1) is 12.1 Å². The molecule has 0 bridgehead atoms. The van der Waals surface area contributed by atoms with Gasteiger partial charge in [-0.2, -0.15) is 13.2 Å². The van der Waals surface area contributed by atoms with Gasteiger partial charge in [0.2, 0.25) is 0 Å². The highest BCUT2D eigenvalue weighted by Crippen LogP contribution is 2.37. The van der Waals surface area contributed by atoms with Gasteiger partial charge in [-0.15, -0.1) is 29.9 Å². The van der Waals surface area contributed by atoms with Gasteiger partial charge in [-0.25, -0.2) is 4.68 Å². The molecule has 2 aromatic carbocycles. The molecule has 2 N–H and O–H groups in total. The number of rotatable bonds is 6. The summed E-state index contributed by atoms with van der Waals surface area (Å²) in [5, 5.41) is 16.9. The molecule has 0 spiro atoms. The second-order valence-electron chi connectivity index (χ2n) is 7.44. The van der Waals surface area contributed by atoms with E-state index in [0.717, 1.165) is 15.8 Å². The van der Waals surface area contributed by atoms with Gasteiger partial charge in [-0.1, -0.05) is 60.7 Å². The first kappa shape index (κ1) is 27.0. The summed E-state index contributed by atoms with van der Waals surface area (Å²) < 4.78 is 46.9. The maximum atomic E-state index is 13.4. The summed E-state index contributed by atoms with van der Waals surface area (Å²) in [6.45, 7) is 0.736. The number of methoxy groups -OCH3 is 1. The zero-order valence-corrected chi connectivity index (χ0v) is 19.3. The van der Waals surface area contributed by atoms with Crippen LogP contribution in [0.1, 0.15) is 29.4 Å². The smallest absolute Gasteiger partial charge is 0.358 e. The van der Waals surface area contributed by atoms with Crippen molar-refractivity contribution >= 4 is 24.8 Å². The fourth-order valence-electron chi connectivity index (χ4n) is 4.11. The molecule has 1 aliphatic rings. The molecule has 12 heteroatoms. The number of ether oxygens (including phenoxy) is 1. The Balaban J connectivity index is 0.00000193. The average Bonchev–Trinajstić information content (AvgIpc) is 3.29. The van der Waals surface area contributed by atoms with E-state index in [1.165, 1.54) is 0 Å². The van der Waals surface area contributed by atoms with Crippen LogP contribution < -0.4 is 10.6 Å². The molecule has 1 aliphatic heterocycles. The number of benzene rings is 2. The summed E-state index contributed by atoms with van der Waals surface area (Å²) in [5.41, 5.74) is 1.02. The third-order valence-corrected chi connectivity index (χ3v) is 5.61. The molecule has 0 saturated carbocycles. The number of nitrogens with zero attached hydrogens (tertiary/aromatic N) is 4. The van der Waals surface area contributed by atoms with Gasteiger partial charge in [0.25, 0.3) is 5.82 Å². The lowest BCUT2D eigenvalue weighted by molar-refractivity contribution is -0.150. The zero-order chi connectivity index (χ0) is 21.9. The average molecular weight is 505 g/mol. The van der Waals surface area contributed by atoms with Crippen LogP contribution in [-0.4, -0.2) is 39.9 Å². The number of tetrazole rings is 1. The van der Waals surface area contributed by atoms with Crippen molar-refractivity contribution in [3.05, 3.63) is 77.6 Å². The quantitative estimate of drug-likeness (QED) is 0.532. The highest BCUT2D eigenvalue weighted by atomic mass is 35.5. The summed E-state index contributed by atoms with van der Waals surface area (Å²) in [6, 6.07) is 18.4. The number of piperidine rings is 1. The summed E-state index contributed by atoms with van der Waals surface area (Å²) in [7, 11) is 1.59. The molecule has 0 aliphatic carbocycles. The Morgan fingerprint density at radius 2 is 1.73 bits per heavy atom. The second kappa shape index (κ2) is 11.3. The monoisotopic (exact) mass is 504 g/mol. The van der Waals surface area contributed by atoms with E-state index >= 15 is 0 Å². The number of hydrogen-bond donors (Lipinski definition) is 2. The van der Waals surface area contributed by atoms with E-state index in [0.29, 0.717) is 13.0 Å². The van der Waals surface area contributed by atoms with Crippen LogP contribution in [0.25, 0.3) is 0 Å². The molecule has 7 nitrogen and oxygen atoms in total. The first-order valence-corrected chi connectivity index (χ1v) is 9.92. The van der Waals surface area contributed by atoms with Crippen molar-refractivity contribution in [1.29, 1.82) is 0 Å². The Kier molecular flexibility index (Phi) is 9.21. The fourth-order valence-corrected chi connectivity index (χ4v) is 4.11. The van der Waals surface area contributed by atoms with Crippen LogP contribution in [0, 0.1) is 0 Å². The summed E-state index contributed by atoms with van der Waals surface area (Å²) in [4.78, 5) is 0. The lowest BCUT2D eigenvalue weighted by Crippen LogP contribution is -2.63. The zero-order valence-electron chi connectivity index (χ0n) is 17.7. The third kappa shape index (κ3) is 5.64. The topological polar surface area (TPSA) is 76.9 Å². The van der Waals surface area contributed by atoms with Gasteiger partial charge in [0, 0.05) is 25.8 Å². The van der Waals surface area contributed by atoms with Crippen molar-refractivity contribution in [2.75, 3.05) is 13.7 Å². The minimum atomic E-state index is -4.63. The molecule has 4 rings (SSSR count). The molecular weight excluding hydrogens is 480 g/mol. The molecule has 0 amide bonds. The molecule has 1 aromatic heterocycles. The lowest BCUT2D eigenvalue weighted by Gasteiger charge is -2.47. The van der Waals surface area contributed by atoms with E-state index in [9.17, 15) is 13.2 Å². The summed E-state index contributed by atoms with van der Waals surface area (Å²) in [5.74, 6) is -1.11. The van der Waals surface area contributed by atoms with Gasteiger partial charge in [0.15, 0.2) is 5.72 Å². The van der Waals surface area contributed by atoms with Crippen molar-refractivity contribution in [2.45, 2.75) is 37.0 Å². The first-order chi connectivity index (χ1) is 14.9. The number of aromatic nitrogens is 4. The molecule has 2 heterocycles. The predicted molar refractivity (Wildman–Crippen MR) is 121 cm³/mol. The third-order valence-electron chi connectivity index (χ3n) is 5.61. The summed E-state index contributed by atoms with van der Waals surface area (Å²) in [6.07, 6.45) is -4.30. The highest BCUT2D eigenvalue weighted by molar-refractivity contribution is 5.85. The molecule has 0 radical (unpaired) electrons. The Morgan fingerprint density at radius 1 is 1.09 bits per heavy atom. The van der Waals surface area contributed by atoms with E-state index in [1.54, 1.807) is 7.11 Å². The van der Waals surface area contributed by atoms with Crippen LogP contribution in [0.5, 0.6) is 0 Å². The number of nitrogens with one attached hydrogen (secondary N) is 2. The van der Waals surface area contributed by atoms with E-state index in [-0.39, 0.29) is 37.4 Å². The molecule has 1 saturated heterocycles. The molecule has 3 aromatic rings. The number of halogens is 5. The largest absolute Gasteiger partial charge is 0.453 e. The van der Waals surface area contributed by atoms with Crippen molar-refractivity contribution in [3.63, 3.8) is 0 Å². The van der Waals surface area contributed by atoms with E-state index < -0.39 is 23.8 Å². The van der Waals surface area contributed by atoms with Gasteiger partial charge < -0.3 is 10.1 Å². The van der Waals surface area contributed by atoms with Crippen molar-refractivity contribution in [3.8, 4) is 0 Å². The van der Waals surface area contributed by atoms with Crippen LogP contribution in [0.4, 0.5) is 13.2 Å². The molecule has 3 atom stereocenters. The van der Waals surface area contributed by atoms with Crippen LogP contribution in [0.3, 0.4) is 0 Å². The molecule has 33 heavy (non-hydrogen) atoms. The van der Waals surface area contributed by atoms with Crippen LogP contribution in [0.15, 0.2) is 60.7 Å². The first-order valence-electron chi connectivity index (χ1n) is 9.92. The Hall–Kier alpha value is -2.24. The Labute approximate surface area is 201 Å². The van der Waals surface area contributed by atoms with E-state index in [1.807, 2.05) is 60.7 Å². The Bertz CT molecular complexity index is 992. The van der Waals surface area contributed by atoms with Gasteiger partial charge in [-0.05, 0) is 22.4 Å². The molecule has 180 valence electrons. The van der Waals surface area contributed by atoms with Gasteiger partial charge >= 0.3 is 6.18 Å². The van der Waals surface area contributed by atoms with Crippen LogP contribution in [-0.2, 0) is 23.2 Å². The number of alkyl halides is 3. The van der Waals surface area contributed by atoms with E-state index in [2.05, 4.69) is 26.2 Å². The van der Waals surface area contributed by atoms with Crippen molar-refractivity contribution in [1.82, 2.24) is 30.8 Å². The fraction of sp³-hybridized carbons (Fsp3) is 0.381. The molecule has 1 fully saturated rings. The van der Waals surface area contributed by atoms with E-state index in [4.69, 9.17) is 4.74 Å².